The highest BCUT2D eigenvalue weighted by Crippen LogP contribution is 2.21. The minimum Gasteiger partial charge on any atom is -0.393 e. The lowest BCUT2D eigenvalue weighted by Crippen LogP contribution is -2.39. The second-order valence-corrected chi connectivity index (χ2v) is 6.00. The highest BCUT2D eigenvalue weighted by molar-refractivity contribution is 5.97. The number of carbonyl (C=O) groups is 3. The highest BCUT2D eigenvalue weighted by Gasteiger charge is 2.27. The van der Waals surface area contributed by atoms with Gasteiger partial charge in [-0.3, -0.25) is 19.7 Å². The van der Waals surface area contributed by atoms with Crippen molar-refractivity contribution in [1.82, 2.24) is 5.32 Å². The van der Waals surface area contributed by atoms with Crippen LogP contribution >= 0.6 is 0 Å². The van der Waals surface area contributed by atoms with Gasteiger partial charge < -0.3 is 5.11 Å². The van der Waals surface area contributed by atoms with Crippen molar-refractivity contribution in [2.45, 2.75) is 52.6 Å². The van der Waals surface area contributed by atoms with Crippen molar-refractivity contribution in [2.75, 3.05) is 0 Å². The number of hydrogen-bond acceptors (Lipinski definition) is 4. The van der Waals surface area contributed by atoms with Crippen molar-refractivity contribution in [3.63, 3.8) is 0 Å². The van der Waals surface area contributed by atoms with Crippen molar-refractivity contribution in [3.05, 3.63) is 23.8 Å². The van der Waals surface area contributed by atoms with Gasteiger partial charge in [-0.1, -0.05) is 30.7 Å². The molecule has 0 bridgehead atoms. The van der Waals surface area contributed by atoms with E-state index in [4.69, 9.17) is 0 Å². The first-order valence-corrected chi connectivity index (χ1v) is 7.66. The Morgan fingerprint density at radius 3 is 2.50 bits per heavy atom. The van der Waals surface area contributed by atoms with Crippen molar-refractivity contribution in [3.8, 4) is 0 Å². The number of allylic oxidation sites excluding steroid dienone is 4. The number of ketones is 1. The Bertz CT molecular complexity index is 477. The average Bonchev–Trinajstić information content (AvgIpc) is 2.36. The maximum Gasteiger partial charge on any atom is 0.226 e. The number of aliphatic hydroxyl groups excluding tert-OH is 1. The van der Waals surface area contributed by atoms with Crippen LogP contribution in [0, 0.1) is 11.8 Å². The van der Waals surface area contributed by atoms with Crippen LogP contribution in [0.5, 0.6) is 0 Å². The maximum absolute atomic E-state index is 12.1. The first-order chi connectivity index (χ1) is 10.3. The average molecular weight is 307 g/mol. The molecule has 1 rings (SSSR count). The van der Waals surface area contributed by atoms with Gasteiger partial charge in [0.2, 0.25) is 11.8 Å². The smallest absolute Gasteiger partial charge is 0.226 e. The third-order valence-corrected chi connectivity index (χ3v) is 3.72. The topological polar surface area (TPSA) is 83.5 Å². The molecule has 1 aliphatic rings. The molecule has 1 heterocycles. The Morgan fingerprint density at radius 1 is 1.36 bits per heavy atom. The molecule has 122 valence electrons. The van der Waals surface area contributed by atoms with Crippen LogP contribution in [0.2, 0.25) is 0 Å². The number of carbonyl (C=O) groups excluding carboxylic acids is 3. The lowest BCUT2D eigenvalue weighted by atomic mass is 9.88. The van der Waals surface area contributed by atoms with Crippen molar-refractivity contribution < 1.29 is 19.5 Å². The maximum atomic E-state index is 12.1. The largest absolute Gasteiger partial charge is 0.393 e. The van der Waals surface area contributed by atoms with E-state index in [1.807, 2.05) is 32.1 Å². The summed E-state index contributed by atoms with van der Waals surface area (Å²) in [5.74, 6) is -1.10. The second-order valence-electron chi connectivity index (χ2n) is 6.00. The fourth-order valence-electron chi connectivity index (χ4n) is 2.71. The van der Waals surface area contributed by atoms with E-state index < -0.39 is 6.10 Å². The van der Waals surface area contributed by atoms with Crippen LogP contribution in [-0.2, 0) is 14.4 Å². The molecule has 5 heteroatoms. The van der Waals surface area contributed by atoms with Crippen LogP contribution < -0.4 is 5.32 Å². The van der Waals surface area contributed by atoms with Gasteiger partial charge in [0.05, 0.1) is 6.10 Å². The molecular weight excluding hydrogens is 282 g/mol. The van der Waals surface area contributed by atoms with Crippen LogP contribution in [0.1, 0.15) is 46.5 Å². The molecule has 2 unspecified atom stereocenters. The third kappa shape index (κ3) is 6.35. The summed E-state index contributed by atoms with van der Waals surface area (Å²) in [6.45, 7) is 5.64. The molecule has 0 aromatic carbocycles. The summed E-state index contributed by atoms with van der Waals surface area (Å²) >= 11 is 0. The number of imide groups is 1. The minimum absolute atomic E-state index is 0.0389. The Kier molecular flexibility index (Phi) is 7.18. The molecule has 5 nitrogen and oxygen atoms in total. The van der Waals surface area contributed by atoms with E-state index in [0.29, 0.717) is 6.42 Å². The van der Waals surface area contributed by atoms with Gasteiger partial charge >= 0.3 is 0 Å². The molecule has 1 saturated heterocycles. The lowest BCUT2D eigenvalue weighted by Gasteiger charge is -2.23. The van der Waals surface area contributed by atoms with Gasteiger partial charge in [0.15, 0.2) is 0 Å². The Hall–Kier alpha value is -1.75. The fraction of sp³-hybridized carbons (Fsp3) is 0.588. The molecule has 0 saturated carbocycles. The van der Waals surface area contributed by atoms with Gasteiger partial charge in [0.1, 0.15) is 5.78 Å². The number of aliphatic hydroxyl groups is 1. The van der Waals surface area contributed by atoms with E-state index in [1.54, 1.807) is 6.92 Å². The highest BCUT2D eigenvalue weighted by atomic mass is 16.3. The number of Topliss-reactive ketones (excluding diaryl/α,β-unsaturated/α-hetero) is 1. The summed E-state index contributed by atoms with van der Waals surface area (Å²) in [5.41, 5.74) is 1.01. The van der Waals surface area contributed by atoms with Crippen molar-refractivity contribution in [2.24, 2.45) is 11.8 Å². The van der Waals surface area contributed by atoms with Gasteiger partial charge in [0, 0.05) is 25.2 Å². The minimum atomic E-state index is -0.811. The monoisotopic (exact) mass is 307 g/mol. The molecule has 22 heavy (non-hydrogen) atoms. The van der Waals surface area contributed by atoms with Crippen LogP contribution in [-0.4, -0.2) is 28.8 Å². The Morgan fingerprint density at radius 2 is 1.95 bits per heavy atom. The summed E-state index contributed by atoms with van der Waals surface area (Å²) in [6, 6.07) is 0. The molecule has 0 aromatic heterocycles. The first-order valence-electron chi connectivity index (χ1n) is 7.66. The molecule has 0 aromatic rings. The zero-order valence-electron chi connectivity index (χ0n) is 13.5. The van der Waals surface area contributed by atoms with Crippen LogP contribution in [0.3, 0.4) is 0 Å². The lowest BCUT2D eigenvalue weighted by molar-refractivity contribution is -0.135. The SMILES string of the molecule is C/C=C\C(C)=C/C(C)C(=O)CC(O)CC1CC(=O)NC(=O)C1. The van der Waals surface area contributed by atoms with Gasteiger partial charge in [0.25, 0.3) is 0 Å². The van der Waals surface area contributed by atoms with Crippen molar-refractivity contribution in [1.29, 1.82) is 0 Å². The number of rotatable bonds is 7. The summed E-state index contributed by atoms with van der Waals surface area (Å²) < 4.78 is 0. The molecular formula is C17H25NO4. The predicted molar refractivity (Wildman–Crippen MR) is 83.9 cm³/mol. The Labute approximate surface area is 131 Å². The number of amides is 2. The number of nitrogens with one attached hydrogen (secondary N) is 1. The number of piperidine rings is 1. The van der Waals surface area contributed by atoms with E-state index in [2.05, 4.69) is 5.32 Å². The fourth-order valence-corrected chi connectivity index (χ4v) is 2.71. The molecule has 2 amide bonds. The van der Waals surface area contributed by atoms with E-state index in [0.717, 1.165) is 5.57 Å². The second kappa shape index (κ2) is 8.63. The van der Waals surface area contributed by atoms with Gasteiger partial charge in [-0.2, -0.15) is 0 Å². The molecule has 2 N–H and O–H groups in total. The predicted octanol–water partition coefficient (Wildman–Crippen LogP) is 1.91. The van der Waals surface area contributed by atoms with Gasteiger partial charge in [-0.05, 0) is 26.2 Å². The zero-order chi connectivity index (χ0) is 16.7. The summed E-state index contributed by atoms with van der Waals surface area (Å²) in [7, 11) is 0. The number of hydrogen-bond donors (Lipinski definition) is 2. The molecule has 2 atom stereocenters. The van der Waals surface area contributed by atoms with E-state index in [1.165, 1.54) is 0 Å². The van der Waals surface area contributed by atoms with Gasteiger partial charge in [-0.15, -0.1) is 0 Å². The Balaban J connectivity index is 2.48. The molecule has 1 fully saturated rings. The summed E-state index contributed by atoms with van der Waals surface area (Å²) in [5, 5.41) is 12.3. The molecule has 0 aliphatic carbocycles. The van der Waals surface area contributed by atoms with Crippen LogP contribution in [0.4, 0.5) is 0 Å². The summed E-state index contributed by atoms with van der Waals surface area (Å²) in [6.07, 6.45) is 5.69. The standard InChI is InChI=1S/C17H25NO4/c1-4-5-11(2)6-12(3)15(20)10-14(19)7-13-8-16(21)18-17(22)9-13/h4-6,12-14,19H,7-10H2,1-3H3,(H,18,21,22)/b5-4-,11-6-. The van der Waals surface area contributed by atoms with E-state index >= 15 is 0 Å². The van der Waals surface area contributed by atoms with Crippen LogP contribution in [0.25, 0.3) is 0 Å². The van der Waals surface area contributed by atoms with E-state index in [-0.39, 0.29) is 48.7 Å². The van der Waals surface area contributed by atoms with Crippen molar-refractivity contribution >= 4 is 17.6 Å². The van der Waals surface area contributed by atoms with Gasteiger partial charge in [-0.25, -0.2) is 0 Å². The first kappa shape index (κ1) is 18.3. The quantitative estimate of drug-likeness (QED) is 0.556. The third-order valence-electron chi connectivity index (χ3n) is 3.72. The van der Waals surface area contributed by atoms with E-state index in [9.17, 15) is 19.5 Å². The zero-order valence-corrected chi connectivity index (χ0v) is 13.5. The normalized spacial score (nSPS) is 20.1. The molecule has 1 aliphatic heterocycles. The molecule has 0 spiro atoms. The molecule has 0 radical (unpaired) electrons. The van der Waals surface area contributed by atoms with Crippen LogP contribution in [0.15, 0.2) is 23.8 Å². The summed E-state index contributed by atoms with van der Waals surface area (Å²) in [4.78, 5) is 34.7.